The van der Waals surface area contributed by atoms with E-state index in [1.165, 1.54) is 19.3 Å². The Balaban J connectivity index is 2.47. The number of carbonyl (C=O) groups is 1. The first-order chi connectivity index (χ1) is 10.5. The zero-order chi connectivity index (χ0) is 16.4. The predicted octanol–water partition coefficient (Wildman–Crippen LogP) is 5.41. The van der Waals surface area contributed by atoms with Crippen LogP contribution in [0.5, 0.6) is 11.5 Å². The third-order valence-electron chi connectivity index (χ3n) is 3.03. The van der Waals surface area contributed by atoms with E-state index < -0.39 is 5.97 Å². The van der Waals surface area contributed by atoms with Gasteiger partial charge in [-0.05, 0) is 56.8 Å². The van der Waals surface area contributed by atoms with Crippen LogP contribution in [-0.4, -0.2) is 24.3 Å². The summed E-state index contributed by atoms with van der Waals surface area (Å²) in [5, 5.41) is 8.59. The third kappa shape index (κ3) is 7.49. The van der Waals surface area contributed by atoms with E-state index in [2.05, 4.69) is 38.8 Å². The van der Waals surface area contributed by atoms with E-state index in [1.807, 2.05) is 12.1 Å². The van der Waals surface area contributed by atoms with Crippen LogP contribution in [0.3, 0.4) is 0 Å². The molecule has 0 aliphatic rings. The first-order valence-electron chi connectivity index (χ1n) is 7.51. The summed E-state index contributed by atoms with van der Waals surface area (Å²) in [6.07, 6.45) is 5.26. The van der Waals surface area contributed by atoms with E-state index in [1.54, 1.807) is 0 Å². The standard InChI is InChI=1S/C16H22Br2O4/c1-2-3-4-5-8-21-14-10-13(18)15(11-12(14)17)22-9-6-7-16(19)20/h10-11H,2-9H2,1H3,(H,19,20). The summed E-state index contributed by atoms with van der Waals surface area (Å²) in [6, 6.07) is 3.71. The maximum absolute atomic E-state index is 10.5. The van der Waals surface area contributed by atoms with Gasteiger partial charge in [-0.15, -0.1) is 0 Å². The van der Waals surface area contributed by atoms with Crippen molar-refractivity contribution in [3.8, 4) is 11.5 Å². The molecule has 0 amide bonds. The Hall–Kier alpha value is -0.750. The highest BCUT2D eigenvalue weighted by atomic mass is 79.9. The first kappa shape index (κ1) is 19.3. The van der Waals surface area contributed by atoms with Gasteiger partial charge in [-0.3, -0.25) is 4.79 Å². The molecule has 1 N–H and O–H groups in total. The van der Waals surface area contributed by atoms with Crippen molar-refractivity contribution in [2.75, 3.05) is 13.2 Å². The molecule has 0 aromatic heterocycles. The highest BCUT2D eigenvalue weighted by Gasteiger charge is 2.09. The summed E-state index contributed by atoms with van der Waals surface area (Å²) in [5.74, 6) is 0.646. The van der Waals surface area contributed by atoms with E-state index in [4.69, 9.17) is 14.6 Å². The summed E-state index contributed by atoms with van der Waals surface area (Å²) in [5.41, 5.74) is 0. The number of carboxylic acid groups (broad SMARTS) is 1. The summed E-state index contributed by atoms with van der Waals surface area (Å²) >= 11 is 6.93. The molecule has 124 valence electrons. The molecule has 0 heterocycles. The molecule has 0 atom stereocenters. The van der Waals surface area contributed by atoms with Crippen LogP contribution in [0.15, 0.2) is 21.1 Å². The van der Waals surface area contributed by atoms with Gasteiger partial charge in [-0.25, -0.2) is 0 Å². The van der Waals surface area contributed by atoms with E-state index >= 15 is 0 Å². The van der Waals surface area contributed by atoms with Crippen molar-refractivity contribution in [3.05, 3.63) is 21.1 Å². The van der Waals surface area contributed by atoms with Crippen LogP contribution >= 0.6 is 31.9 Å². The normalized spacial score (nSPS) is 10.5. The van der Waals surface area contributed by atoms with Crippen molar-refractivity contribution in [2.24, 2.45) is 0 Å². The van der Waals surface area contributed by atoms with Gasteiger partial charge in [0, 0.05) is 6.42 Å². The van der Waals surface area contributed by atoms with Gasteiger partial charge in [0.25, 0.3) is 0 Å². The fourth-order valence-corrected chi connectivity index (χ4v) is 2.72. The molecule has 0 saturated heterocycles. The number of aliphatic carboxylic acids is 1. The molecule has 0 aliphatic heterocycles. The Kier molecular flexibility index (Phi) is 9.55. The highest BCUT2D eigenvalue weighted by molar-refractivity contribution is 9.11. The van der Waals surface area contributed by atoms with Crippen LogP contribution in [0.4, 0.5) is 0 Å². The molecule has 0 saturated carbocycles. The zero-order valence-electron chi connectivity index (χ0n) is 12.7. The minimum Gasteiger partial charge on any atom is -0.492 e. The van der Waals surface area contributed by atoms with Gasteiger partial charge in [0.1, 0.15) is 11.5 Å². The molecule has 0 bridgehead atoms. The average Bonchev–Trinajstić information content (AvgIpc) is 2.47. The Morgan fingerprint density at radius 3 is 2.05 bits per heavy atom. The lowest BCUT2D eigenvalue weighted by Crippen LogP contribution is -2.03. The predicted molar refractivity (Wildman–Crippen MR) is 93.8 cm³/mol. The van der Waals surface area contributed by atoms with E-state index in [0.717, 1.165) is 21.1 Å². The lowest BCUT2D eigenvalue weighted by molar-refractivity contribution is -0.137. The molecule has 0 aliphatic carbocycles. The second-order valence-electron chi connectivity index (χ2n) is 4.97. The number of halogens is 2. The maximum Gasteiger partial charge on any atom is 0.303 e. The second kappa shape index (κ2) is 10.9. The van der Waals surface area contributed by atoms with Gasteiger partial charge in [0.15, 0.2) is 0 Å². The van der Waals surface area contributed by atoms with Gasteiger partial charge in [0.2, 0.25) is 0 Å². The molecule has 4 nitrogen and oxygen atoms in total. The Labute approximate surface area is 148 Å². The highest BCUT2D eigenvalue weighted by Crippen LogP contribution is 2.36. The van der Waals surface area contributed by atoms with Crippen molar-refractivity contribution in [1.29, 1.82) is 0 Å². The van der Waals surface area contributed by atoms with Crippen LogP contribution in [0.25, 0.3) is 0 Å². The van der Waals surface area contributed by atoms with Crippen molar-refractivity contribution in [2.45, 2.75) is 45.4 Å². The number of rotatable bonds is 11. The third-order valence-corrected chi connectivity index (χ3v) is 4.27. The smallest absolute Gasteiger partial charge is 0.303 e. The van der Waals surface area contributed by atoms with Gasteiger partial charge < -0.3 is 14.6 Å². The van der Waals surface area contributed by atoms with Crippen molar-refractivity contribution in [1.82, 2.24) is 0 Å². The van der Waals surface area contributed by atoms with Crippen LogP contribution < -0.4 is 9.47 Å². The van der Waals surface area contributed by atoms with Crippen molar-refractivity contribution >= 4 is 37.8 Å². The maximum atomic E-state index is 10.5. The molecule has 0 unspecified atom stereocenters. The molecule has 0 spiro atoms. The first-order valence-corrected chi connectivity index (χ1v) is 9.09. The Bertz CT molecular complexity index is 477. The quantitative estimate of drug-likeness (QED) is 0.470. The molecule has 0 fully saturated rings. The van der Waals surface area contributed by atoms with Crippen molar-refractivity contribution < 1.29 is 19.4 Å². The summed E-state index contributed by atoms with van der Waals surface area (Å²) in [4.78, 5) is 10.5. The largest absolute Gasteiger partial charge is 0.492 e. The molecule has 0 radical (unpaired) electrons. The lowest BCUT2D eigenvalue weighted by Gasteiger charge is -2.12. The van der Waals surface area contributed by atoms with Crippen LogP contribution in [0.1, 0.15) is 45.4 Å². The molecule has 1 aromatic rings. The molecular formula is C16H22Br2O4. The number of benzene rings is 1. The average molecular weight is 438 g/mol. The van der Waals surface area contributed by atoms with Crippen molar-refractivity contribution in [3.63, 3.8) is 0 Å². The number of hydrogen-bond donors (Lipinski definition) is 1. The summed E-state index contributed by atoms with van der Waals surface area (Å²) < 4.78 is 13.0. The molecule has 1 rings (SSSR count). The number of unbranched alkanes of at least 4 members (excludes halogenated alkanes) is 3. The topological polar surface area (TPSA) is 55.8 Å². The van der Waals surface area contributed by atoms with Gasteiger partial charge in [-0.1, -0.05) is 26.2 Å². The van der Waals surface area contributed by atoms with Crippen LogP contribution in [0, 0.1) is 0 Å². The Morgan fingerprint density at radius 1 is 1.00 bits per heavy atom. The zero-order valence-corrected chi connectivity index (χ0v) is 15.9. The number of carboxylic acids is 1. The fraction of sp³-hybridized carbons (Fsp3) is 0.562. The molecule has 22 heavy (non-hydrogen) atoms. The van der Waals surface area contributed by atoms with E-state index in [9.17, 15) is 4.79 Å². The molecular weight excluding hydrogens is 416 g/mol. The fourth-order valence-electron chi connectivity index (χ4n) is 1.85. The summed E-state index contributed by atoms with van der Waals surface area (Å²) in [6.45, 7) is 3.25. The monoisotopic (exact) mass is 436 g/mol. The molecule has 1 aromatic carbocycles. The minimum atomic E-state index is -0.810. The lowest BCUT2D eigenvalue weighted by atomic mass is 10.2. The van der Waals surface area contributed by atoms with Gasteiger partial charge >= 0.3 is 5.97 Å². The Morgan fingerprint density at radius 2 is 1.55 bits per heavy atom. The SMILES string of the molecule is CCCCCCOc1cc(Br)c(OCCCC(=O)O)cc1Br. The van der Waals surface area contributed by atoms with Gasteiger partial charge in [-0.2, -0.15) is 0 Å². The number of ether oxygens (including phenoxy) is 2. The van der Waals surface area contributed by atoms with E-state index in [-0.39, 0.29) is 6.42 Å². The molecule has 6 heteroatoms. The van der Waals surface area contributed by atoms with Crippen LogP contribution in [-0.2, 0) is 4.79 Å². The minimum absolute atomic E-state index is 0.109. The van der Waals surface area contributed by atoms with Crippen LogP contribution in [0.2, 0.25) is 0 Å². The second-order valence-corrected chi connectivity index (χ2v) is 6.68. The van der Waals surface area contributed by atoms with Gasteiger partial charge in [0.05, 0.1) is 22.2 Å². The van der Waals surface area contributed by atoms with E-state index in [0.29, 0.717) is 25.4 Å². The number of hydrogen-bond acceptors (Lipinski definition) is 3. The summed E-state index contributed by atoms with van der Waals surface area (Å²) in [7, 11) is 0.